The zero-order chi connectivity index (χ0) is 14.4. The molecular weight excluding hydrogens is 268 g/mol. The molecule has 2 N–H and O–H groups in total. The van der Waals surface area contributed by atoms with Gasteiger partial charge in [-0.05, 0) is 43.2 Å². The second-order valence-corrected chi connectivity index (χ2v) is 6.93. The summed E-state index contributed by atoms with van der Waals surface area (Å²) in [6, 6.07) is 5.01. The maximum absolute atomic E-state index is 5.90. The Balaban J connectivity index is 1.85. The highest BCUT2D eigenvalue weighted by Crippen LogP contribution is 2.33. The molecule has 0 bridgehead atoms. The Kier molecular flexibility index (Phi) is 6.49. The van der Waals surface area contributed by atoms with E-state index in [1.54, 1.807) is 0 Å². The van der Waals surface area contributed by atoms with Crippen molar-refractivity contribution in [3.63, 3.8) is 0 Å². The van der Waals surface area contributed by atoms with Gasteiger partial charge in [-0.3, -0.25) is 4.90 Å². The summed E-state index contributed by atoms with van der Waals surface area (Å²) in [7, 11) is 0. The lowest BCUT2D eigenvalue weighted by molar-refractivity contribution is -0.00733. The molecule has 1 saturated heterocycles. The topological polar surface area (TPSA) is 38.5 Å². The van der Waals surface area contributed by atoms with Gasteiger partial charge in [0.05, 0.1) is 6.10 Å². The third-order valence-corrected chi connectivity index (χ3v) is 4.98. The van der Waals surface area contributed by atoms with Crippen molar-refractivity contribution in [3.8, 4) is 0 Å². The third-order valence-electron chi connectivity index (χ3n) is 4.04. The van der Waals surface area contributed by atoms with Crippen LogP contribution < -0.4 is 5.73 Å². The zero-order valence-corrected chi connectivity index (χ0v) is 13.6. The first kappa shape index (κ1) is 16.0. The summed E-state index contributed by atoms with van der Waals surface area (Å²) < 4.78 is 5.90. The van der Waals surface area contributed by atoms with Crippen LogP contribution in [0.25, 0.3) is 0 Å². The van der Waals surface area contributed by atoms with E-state index in [4.69, 9.17) is 10.5 Å². The summed E-state index contributed by atoms with van der Waals surface area (Å²) in [5.41, 5.74) is 5.51. The van der Waals surface area contributed by atoms with Crippen LogP contribution in [0.15, 0.2) is 17.5 Å². The third kappa shape index (κ3) is 4.29. The molecule has 1 unspecified atom stereocenters. The van der Waals surface area contributed by atoms with Gasteiger partial charge in [0.2, 0.25) is 0 Å². The van der Waals surface area contributed by atoms with E-state index in [-0.39, 0.29) is 0 Å². The first-order chi connectivity index (χ1) is 9.72. The van der Waals surface area contributed by atoms with Crippen molar-refractivity contribution in [1.29, 1.82) is 0 Å². The zero-order valence-electron chi connectivity index (χ0n) is 12.8. The van der Waals surface area contributed by atoms with Crippen LogP contribution in [0.2, 0.25) is 0 Å². The van der Waals surface area contributed by atoms with Crippen LogP contribution in [0.1, 0.15) is 44.0 Å². The lowest BCUT2D eigenvalue weighted by atomic mass is 9.97. The van der Waals surface area contributed by atoms with Crippen molar-refractivity contribution in [2.75, 3.05) is 26.2 Å². The number of rotatable bonds is 7. The van der Waals surface area contributed by atoms with Gasteiger partial charge in [-0.15, -0.1) is 11.3 Å². The van der Waals surface area contributed by atoms with E-state index in [1.807, 2.05) is 11.3 Å². The van der Waals surface area contributed by atoms with E-state index in [2.05, 4.69) is 36.3 Å². The van der Waals surface area contributed by atoms with Crippen LogP contribution in [0.5, 0.6) is 0 Å². The number of likely N-dealkylation sites (tertiary alicyclic amines) is 1. The molecule has 0 radical (unpaired) electrons. The van der Waals surface area contributed by atoms with Gasteiger partial charge in [-0.1, -0.05) is 19.9 Å². The minimum absolute atomic E-state index is 0.439. The number of nitrogens with zero attached hydrogens (tertiary/aromatic N) is 1. The summed E-state index contributed by atoms with van der Waals surface area (Å²) in [6.07, 6.45) is 3.72. The van der Waals surface area contributed by atoms with Crippen LogP contribution in [0.3, 0.4) is 0 Å². The second kappa shape index (κ2) is 8.13. The van der Waals surface area contributed by atoms with Crippen LogP contribution in [0, 0.1) is 5.92 Å². The average molecular weight is 296 g/mol. The Morgan fingerprint density at radius 2 is 2.15 bits per heavy atom. The highest BCUT2D eigenvalue weighted by molar-refractivity contribution is 7.10. The minimum Gasteiger partial charge on any atom is -0.378 e. The molecular formula is C16H28N2OS. The molecule has 0 amide bonds. The Hall–Kier alpha value is -0.420. The maximum Gasteiger partial charge on any atom is 0.0599 e. The fraction of sp³-hybridized carbons (Fsp3) is 0.750. The van der Waals surface area contributed by atoms with Gasteiger partial charge in [-0.2, -0.15) is 0 Å². The monoisotopic (exact) mass is 296 g/mol. The first-order valence-electron chi connectivity index (χ1n) is 7.81. The first-order valence-corrected chi connectivity index (χ1v) is 8.69. The molecule has 1 atom stereocenters. The van der Waals surface area contributed by atoms with Crippen LogP contribution >= 0.6 is 11.3 Å². The molecule has 1 fully saturated rings. The molecule has 2 rings (SSSR count). The fourth-order valence-corrected chi connectivity index (χ4v) is 4.08. The number of hydrogen-bond donors (Lipinski definition) is 1. The standard InChI is InChI=1S/C16H28N2OS/c1-13(2)16(15-5-3-12-20-15)18-9-6-14(7-10-18)19-11-4-8-17/h3,5,12-14,16H,4,6-11,17H2,1-2H3. The molecule has 3 nitrogen and oxygen atoms in total. The molecule has 4 heteroatoms. The molecule has 20 heavy (non-hydrogen) atoms. The molecule has 114 valence electrons. The van der Waals surface area contributed by atoms with E-state index < -0.39 is 0 Å². The van der Waals surface area contributed by atoms with E-state index >= 15 is 0 Å². The predicted molar refractivity (Wildman–Crippen MR) is 86.1 cm³/mol. The van der Waals surface area contributed by atoms with Crippen molar-refractivity contribution >= 4 is 11.3 Å². The number of thiophene rings is 1. The van der Waals surface area contributed by atoms with Crippen molar-refractivity contribution in [2.45, 2.75) is 45.3 Å². The van der Waals surface area contributed by atoms with Gasteiger partial charge in [0.25, 0.3) is 0 Å². The summed E-state index contributed by atoms with van der Waals surface area (Å²) in [4.78, 5) is 4.14. The van der Waals surface area contributed by atoms with E-state index in [0.717, 1.165) is 45.5 Å². The number of piperidine rings is 1. The molecule has 1 aromatic heterocycles. The molecule has 2 heterocycles. The van der Waals surface area contributed by atoms with E-state index in [9.17, 15) is 0 Å². The van der Waals surface area contributed by atoms with Gasteiger partial charge >= 0.3 is 0 Å². The normalized spacial score (nSPS) is 19.6. The molecule has 0 aromatic carbocycles. The van der Waals surface area contributed by atoms with Crippen molar-refractivity contribution in [1.82, 2.24) is 4.90 Å². The summed E-state index contributed by atoms with van der Waals surface area (Å²) >= 11 is 1.88. The van der Waals surface area contributed by atoms with Crippen molar-refractivity contribution in [3.05, 3.63) is 22.4 Å². The Morgan fingerprint density at radius 1 is 1.40 bits per heavy atom. The predicted octanol–water partition coefficient (Wildman–Crippen LogP) is 3.28. The van der Waals surface area contributed by atoms with Gasteiger partial charge in [0.1, 0.15) is 0 Å². The molecule has 0 spiro atoms. The Bertz CT molecular complexity index is 359. The van der Waals surface area contributed by atoms with Crippen molar-refractivity contribution in [2.24, 2.45) is 11.7 Å². The molecule has 1 aliphatic heterocycles. The van der Waals surface area contributed by atoms with Gasteiger partial charge < -0.3 is 10.5 Å². The van der Waals surface area contributed by atoms with Crippen LogP contribution in [-0.4, -0.2) is 37.2 Å². The molecule has 1 aromatic rings. The summed E-state index contributed by atoms with van der Waals surface area (Å²) in [5.74, 6) is 0.656. The minimum atomic E-state index is 0.439. The number of ether oxygens (including phenoxy) is 1. The molecule has 1 aliphatic rings. The number of nitrogens with two attached hydrogens (primary N) is 1. The average Bonchev–Trinajstić information content (AvgIpc) is 2.94. The molecule has 0 saturated carbocycles. The van der Waals surface area contributed by atoms with Crippen molar-refractivity contribution < 1.29 is 4.74 Å². The maximum atomic E-state index is 5.90. The molecule has 0 aliphatic carbocycles. The second-order valence-electron chi connectivity index (χ2n) is 5.95. The summed E-state index contributed by atoms with van der Waals surface area (Å²) in [6.45, 7) is 8.50. The largest absolute Gasteiger partial charge is 0.378 e. The Morgan fingerprint density at radius 3 is 2.70 bits per heavy atom. The quantitative estimate of drug-likeness (QED) is 0.785. The van der Waals surface area contributed by atoms with Gasteiger partial charge in [0, 0.05) is 30.6 Å². The number of hydrogen-bond acceptors (Lipinski definition) is 4. The van der Waals surface area contributed by atoms with Gasteiger partial charge in [0.15, 0.2) is 0 Å². The summed E-state index contributed by atoms with van der Waals surface area (Å²) in [5, 5.41) is 2.19. The van der Waals surface area contributed by atoms with E-state index in [0.29, 0.717) is 18.1 Å². The SMILES string of the molecule is CC(C)C(c1cccs1)N1CCC(OCCCN)CC1. The highest BCUT2D eigenvalue weighted by atomic mass is 32.1. The van der Waals surface area contributed by atoms with Gasteiger partial charge in [-0.25, -0.2) is 0 Å². The highest BCUT2D eigenvalue weighted by Gasteiger charge is 2.28. The lowest BCUT2D eigenvalue weighted by Gasteiger charge is -2.39. The smallest absolute Gasteiger partial charge is 0.0599 e. The van der Waals surface area contributed by atoms with E-state index in [1.165, 1.54) is 4.88 Å². The van der Waals surface area contributed by atoms with Crippen LogP contribution in [0.4, 0.5) is 0 Å². The fourth-order valence-electron chi connectivity index (χ4n) is 3.04. The Labute approximate surface area is 127 Å². The lowest BCUT2D eigenvalue weighted by Crippen LogP contribution is -2.41. The van der Waals surface area contributed by atoms with Crippen LogP contribution in [-0.2, 0) is 4.74 Å².